The molecule has 0 radical (unpaired) electrons. The minimum atomic E-state index is -0.435. The van der Waals surface area contributed by atoms with Crippen molar-refractivity contribution in [3.63, 3.8) is 0 Å². The summed E-state index contributed by atoms with van der Waals surface area (Å²) in [6, 6.07) is 0. The van der Waals surface area contributed by atoms with Crippen molar-refractivity contribution in [3.8, 4) is 0 Å². The first-order valence-corrected chi connectivity index (χ1v) is 9.79. The van der Waals surface area contributed by atoms with E-state index in [0.29, 0.717) is 36.5 Å². The van der Waals surface area contributed by atoms with E-state index in [1.807, 2.05) is 13.0 Å². The number of carbonyl (C=O) groups excluding carboxylic acids is 1. The fourth-order valence-electron chi connectivity index (χ4n) is 4.73. The van der Waals surface area contributed by atoms with Crippen LogP contribution in [0.5, 0.6) is 0 Å². The van der Waals surface area contributed by atoms with E-state index in [9.17, 15) is 15.0 Å². The van der Waals surface area contributed by atoms with Crippen LogP contribution in [0.4, 0.5) is 0 Å². The number of aliphatic hydroxyl groups is 2. The van der Waals surface area contributed by atoms with Gasteiger partial charge in [0.1, 0.15) is 0 Å². The van der Waals surface area contributed by atoms with Crippen LogP contribution in [0, 0.1) is 23.7 Å². The highest BCUT2D eigenvalue weighted by molar-refractivity contribution is 5.69. The standard InChI is InChI=1S/C20H34O4/c1-3-5-6-7-8-9-17(21)20-16-11-14(12-19(23)24-4-2)10-15(16)13-18(20)22/h9,14-16,18,20-22H,3-8,10-13H2,1-2H3/t14-,15-,16-,18-,20+/m1/s1. The van der Waals surface area contributed by atoms with Crippen LogP contribution in [-0.4, -0.2) is 28.9 Å². The van der Waals surface area contributed by atoms with E-state index >= 15 is 0 Å². The van der Waals surface area contributed by atoms with Crippen molar-refractivity contribution in [2.45, 2.75) is 77.7 Å². The number of unbranched alkanes of at least 4 members (excludes halogenated alkanes) is 4. The molecule has 138 valence electrons. The van der Waals surface area contributed by atoms with Gasteiger partial charge in [0.15, 0.2) is 0 Å². The van der Waals surface area contributed by atoms with Crippen LogP contribution in [-0.2, 0) is 9.53 Å². The predicted octanol–water partition coefficient (Wildman–Crippen LogP) is 4.38. The lowest BCUT2D eigenvalue weighted by molar-refractivity contribution is -0.144. The molecule has 2 aliphatic carbocycles. The first-order valence-electron chi connectivity index (χ1n) is 9.79. The quantitative estimate of drug-likeness (QED) is 0.372. The Balaban J connectivity index is 1.87. The summed E-state index contributed by atoms with van der Waals surface area (Å²) < 4.78 is 5.06. The third kappa shape index (κ3) is 4.98. The van der Waals surface area contributed by atoms with Gasteiger partial charge in [-0.2, -0.15) is 0 Å². The molecule has 2 N–H and O–H groups in total. The van der Waals surface area contributed by atoms with E-state index in [4.69, 9.17) is 4.74 Å². The van der Waals surface area contributed by atoms with Crippen LogP contribution < -0.4 is 0 Å². The number of ether oxygens (including phenoxy) is 1. The first kappa shape index (κ1) is 19.3. The van der Waals surface area contributed by atoms with E-state index < -0.39 is 6.10 Å². The fourth-order valence-corrected chi connectivity index (χ4v) is 4.73. The summed E-state index contributed by atoms with van der Waals surface area (Å²) in [5, 5.41) is 20.9. The molecule has 4 heteroatoms. The van der Waals surface area contributed by atoms with E-state index in [1.54, 1.807) is 0 Å². The lowest BCUT2D eigenvalue weighted by Gasteiger charge is -2.21. The third-order valence-corrected chi connectivity index (χ3v) is 5.78. The highest BCUT2D eigenvalue weighted by Gasteiger charge is 2.49. The Morgan fingerprint density at radius 2 is 1.96 bits per heavy atom. The Kier molecular flexibility index (Phi) is 7.60. The summed E-state index contributed by atoms with van der Waals surface area (Å²) in [6.07, 6.45) is 10.2. The summed E-state index contributed by atoms with van der Waals surface area (Å²) in [5.41, 5.74) is 0. The molecule has 0 aromatic carbocycles. The van der Waals surface area contributed by atoms with Crippen LogP contribution in [0.3, 0.4) is 0 Å². The second-order valence-corrected chi connectivity index (χ2v) is 7.58. The minimum Gasteiger partial charge on any atom is -0.512 e. The number of hydrogen-bond acceptors (Lipinski definition) is 4. The largest absolute Gasteiger partial charge is 0.512 e. The lowest BCUT2D eigenvalue weighted by Crippen LogP contribution is -2.22. The van der Waals surface area contributed by atoms with Gasteiger partial charge in [-0.1, -0.05) is 26.2 Å². The van der Waals surface area contributed by atoms with Crippen molar-refractivity contribution in [2.24, 2.45) is 23.7 Å². The van der Waals surface area contributed by atoms with Gasteiger partial charge in [0, 0.05) is 12.3 Å². The Morgan fingerprint density at radius 3 is 2.67 bits per heavy atom. The zero-order valence-corrected chi connectivity index (χ0v) is 15.2. The molecule has 0 spiro atoms. The number of allylic oxidation sites excluding steroid dienone is 1. The maximum atomic E-state index is 11.7. The number of hydrogen-bond donors (Lipinski definition) is 2. The Hall–Kier alpha value is -1.03. The summed E-state index contributed by atoms with van der Waals surface area (Å²) in [6.45, 7) is 4.45. The summed E-state index contributed by atoms with van der Waals surface area (Å²) in [5.74, 6) is 1.21. The van der Waals surface area contributed by atoms with Crippen molar-refractivity contribution >= 4 is 5.97 Å². The molecule has 0 unspecified atom stereocenters. The lowest BCUT2D eigenvalue weighted by atomic mass is 9.88. The Labute approximate surface area is 146 Å². The maximum Gasteiger partial charge on any atom is 0.306 e. The highest BCUT2D eigenvalue weighted by atomic mass is 16.5. The van der Waals surface area contributed by atoms with Crippen molar-refractivity contribution in [3.05, 3.63) is 11.8 Å². The van der Waals surface area contributed by atoms with Gasteiger partial charge in [0.2, 0.25) is 0 Å². The van der Waals surface area contributed by atoms with Crippen molar-refractivity contribution in [1.82, 2.24) is 0 Å². The molecule has 0 heterocycles. The Morgan fingerprint density at radius 1 is 1.17 bits per heavy atom. The van der Waals surface area contributed by atoms with Crippen LogP contribution >= 0.6 is 0 Å². The van der Waals surface area contributed by atoms with Gasteiger partial charge < -0.3 is 14.9 Å². The molecule has 0 bridgehead atoms. The van der Waals surface area contributed by atoms with Gasteiger partial charge in [-0.3, -0.25) is 4.79 Å². The average molecular weight is 338 g/mol. The van der Waals surface area contributed by atoms with Gasteiger partial charge >= 0.3 is 5.97 Å². The second-order valence-electron chi connectivity index (χ2n) is 7.58. The number of aliphatic hydroxyl groups excluding tert-OH is 2. The SMILES string of the molecule is CCCCCCC=C(O)[C@@H]1[C@@H]2C[C@H](CC(=O)OCC)C[C@@H]2C[C@H]1O. The molecule has 2 saturated carbocycles. The molecule has 2 aliphatic rings. The monoisotopic (exact) mass is 338 g/mol. The third-order valence-electron chi connectivity index (χ3n) is 5.78. The van der Waals surface area contributed by atoms with Gasteiger partial charge in [-0.25, -0.2) is 0 Å². The summed E-state index contributed by atoms with van der Waals surface area (Å²) >= 11 is 0. The van der Waals surface area contributed by atoms with Gasteiger partial charge in [0.05, 0.1) is 18.5 Å². The van der Waals surface area contributed by atoms with Crippen molar-refractivity contribution < 1.29 is 19.7 Å². The van der Waals surface area contributed by atoms with E-state index in [2.05, 4.69) is 6.92 Å². The second kappa shape index (κ2) is 9.45. The summed E-state index contributed by atoms with van der Waals surface area (Å²) in [4.78, 5) is 11.7. The number of fused-ring (bicyclic) bond motifs is 1. The zero-order chi connectivity index (χ0) is 17.5. The number of esters is 1. The number of carbonyl (C=O) groups is 1. The predicted molar refractivity (Wildman–Crippen MR) is 94.5 cm³/mol. The maximum absolute atomic E-state index is 11.7. The highest BCUT2D eigenvalue weighted by Crippen LogP contribution is 2.52. The average Bonchev–Trinajstić information content (AvgIpc) is 3.02. The van der Waals surface area contributed by atoms with Gasteiger partial charge in [-0.05, 0) is 62.9 Å². The van der Waals surface area contributed by atoms with Crippen LogP contribution in [0.1, 0.15) is 71.6 Å². The van der Waals surface area contributed by atoms with E-state index in [0.717, 1.165) is 32.1 Å². The molecule has 2 rings (SSSR count). The molecule has 0 saturated heterocycles. The molecule has 0 aromatic heterocycles. The molecule has 0 amide bonds. The van der Waals surface area contributed by atoms with Crippen LogP contribution in [0.2, 0.25) is 0 Å². The molecule has 0 aromatic rings. The van der Waals surface area contributed by atoms with E-state index in [1.165, 1.54) is 19.3 Å². The molecule has 2 fully saturated rings. The molecule has 0 aliphatic heterocycles. The topological polar surface area (TPSA) is 66.8 Å². The molecule has 24 heavy (non-hydrogen) atoms. The molecule has 5 atom stereocenters. The van der Waals surface area contributed by atoms with E-state index in [-0.39, 0.29) is 11.9 Å². The molecular formula is C20H34O4. The smallest absolute Gasteiger partial charge is 0.306 e. The first-order chi connectivity index (χ1) is 11.6. The molecular weight excluding hydrogens is 304 g/mol. The van der Waals surface area contributed by atoms with Crippen molar-refractivity contribution in [1.29, 1.82) is 0 Å². The normalized spacial score (nSPS) is 32.8. The van der Waals surface area contributed by atoms with Gasteiger partial charge in [0.25, 0.3) is 0 Å². The van der Waals surface area contributed by atoms with Crippen LogP contribution in [0.15, 0.2) is 11.8 Å². The zero-order valence-electron chi connectivity index (χ0n) is 15.2. The summed E-state index contributed by atoms with van der Waals surface area (Å²) in [7, 11) is 0. The van der Waals surface area contributed by atoms with Crippen molar-refractivity contribution in [2.75, 3.05) is 6.61 Å². The number of rotatable bonds is 9. The fraction of sp³-hybridized carbons (Fsp3) is 0.850. The molecule has 4 nitrogen and oxygen atoms in total. The van der Waals surface area contributed by atoms with Crippen LogP contribution in [0.25, 0.3) is 0 Å². The Bertz CT molecular complexity index is 431. The van der Waals surface area contributed by atoms with Gasteiger partial charge in [-0.15, -0.1) is 0 Å². The minimum absolute atomic E-state index is 0.115.